The van der Waals surface area contributed by atoms with E-state index in [1.54, 1.807) is 6.20 Å². The van der Waals surface area contributed by atoms with E-state index in [1.165, 1.54) is 11.1 Å². The van der Waals surface area contributed by atoms with E-state index < -0.39 is 0 Å². The minimum absolute atomic E-state index is 0.00828. The smallest absolute Gasteiger partial charge is 0.147 e. The van der Waals surface area contributed by atoms with Gasteiger partial charge in [0.25, 0.3) is 0 Å². The minimum atomic E-state index is 0.00828. The normalized spacial score (nSPS) is 11.0. The lowest BCUT2D eigenvalue weighted by Gasteiger charge is -2.23. The average Bonchev–Trinajstić information content (AvgIpc) is 2.45. The Bertz CT molecular complexity index is 678. The Labute approximate surface area is 126 Å². The molecule has 0 aliphatic rings. The minimum Gasteiger partial charge on any atom is -0.488 e. The number of aromatic nitrogens is 1. The lowest BCUT2D eigenvalue weighted by Crippen LogP contribution is -2.14. The molecule has 0 bridgehead atoms. The van der Waals surface area contributed by atoms with Crippen molar-refractivity contribution in [1.29, 1.82) is 5.26 Å². The predicted octanol–water partition coefficient (Wildman–Crippen LogP) is 4.14. The molecule has 1 aromatic carbocycles. The molecule has 2 rings (SSSR count). The molecule has 0 aliphatic carbocycles. The van der Waals surface area contributed by atoms with Gasteiger partial charge in [-0.25, -0.2) is 4.98 Å². The number of rotatable bonds is 3. The number of nitrogens with zero attached hydrogens (tertiary/aromatic N) is 2. The van der Waals surface area contributed by atoms with Crippen LogP contribution in [0.3, 0.4) is 0 Å². The van der Waals surface area contributed by atoms with E-state index in [0.717, 1.165) is 11.3 Å². The van der Waals surface area contributed by atoms with Crippen LogP contribution in [0.2, 0.25) is 0 Å². The Hall–Kier alpha value is -2.34. The molecule has 0 N–H and O–H groups in total. The first kappa shape index (κ1) is 15.1. The van der Waals surface area contributed by atoms with Gasteiger partial charge in [-0.2, -0.15) is 5.26 Å². The monoisotopic (exact) mass is 280 g/mol. The summed E-state index contributed by atoms with van der Waals surface area (Å²) >= 11 is 0. The molecule has 2 aromatic rings. The molecule has 0 atom stereocenters. The lowest BCUT2D eigenvalue weighted by atomic mass is 9.85. The van der Waals surface area contributed by atoms with Gasteiger partial charge < -0.3 is 4.74 Å². The summed E-state index contributed by atoms with van der Waals surface area (Å²) in [5.41, 5.74) is 3.62. The largest absolute Gasteiger partial charge is 0.488 e. The van der Waals surface area contributed by atoms with Crippen LogP contribution in [0.5, 0.6) is 5.75 Å². The number of benzene rings is 1. The second-order valence-electron chi connectivity index (χ2n) is 6.16. The molecule has 0 aliphatic heterocycles. The van der Waals surface area contributed by atoms with Gasteiger partial charge in [0.1, 0.15) is 24.1 Å². The SMILES string of the molecule is Cc1ccc(OCc2cccnc2C#N)c(C(C)(C)C)c1. The van der Waals surface area contributed by atoms with E-state index in [2.05, 4.69) is 44.8 Å². The van der Waals surface area contributed by atoms with Gasteiger partial charge in [0.15, 0.2) is 0 Å². The van der Waals surface area contributed by atoms with Crippen molar-refractivity contribution in [2.24, 2.45) is 0 Å². The third-order valence-electron chi connectivity index (χ3n) is 3.32. The first-order valence-electron chi connectivity index (χ1n) is 7.00. The summed E-state index contributed by atoms with van der Waals surface area (Å²) in [5, 5.41) is 9.07. The Morgan fingerprint density at radius 1 is 1.24 bits per heavy atom. The molecule has 0 amide bonds. The summed E-state index contributed by atoms with van der Waals surface area (Å²) in [7, 11) is 0. The third-order valence-corrected chi connectivity index (χ3v) is 3.32. The highest BCUT2D eigenvalue weighted by Crippen LogP contribution is 2.32. The third kappa shape index (κ3) is 3.61. The van der Waals surface area contributed by atoms with Crippen molar-refractivity contribution in [3.8, 4) is 11.8 Å². The van der Waals surface area contributed by atoms with E-state index in [4.69, 9.17) is 10.00 Å². The molecular formula is C18H20N2O. The number of aryl methyl sites for hydroxylation is 1. The Balaban J connectivity index is 2.27. The molecule has 3 heteroatoms. The van der Waals surface area contributed by atoms with Crippen LogP contribution in [0.25, 0.3) is 0 Å². The Morgan fingerprint density at radius 2 is 2.00 bits per heavy atom. The molecule has 0 spiro atoms. The van der Waals surface area contributed by atoms with Gasteiger partial charge in [-0.05, 0) is 30.0 Å². The topological polar surface area (TPSA) is 45.9 Å². The van der Waals surface area contributed by atoms with E-state index in [1.807, 2.05) is 24.3 Å². The second-order valence-corrected chi connectivity index (χ2v) is 6.16. The Kier molecular flexibility index (Phi) is 4.28. The molecular weight excluding hydrogens is 260 g/mol. The maximum Gasteiger partial charge on any atom is 0.147 e. The van der Waals surface area contributed by atoms with Crippen molar-refractivity contribution >= 4 is 0 Å². The van der Waals surface area contributed by atoms with Crippen molar-refractivity contribution in [2.75, 3.05) is 0 Å². The van der Waals surface area contributed by atoms with Gasteiger partial charge >= 0.3 is 0 Å². The summed E-state index contributed by atoms with van der Waals surface area (Å²) in [5.74, 6) is 0.862. The van der Waals surface area contributed by atoms with Crippen LogP contribution >= 0.6 is 0 Å². The highest BCUT2D eigenvalue weighted by molar-refractivity contribution is 5.41. The molecule has 0 fully saturated rings. The number of nitriles is 1. The van der Waals surface area contributed by atoms with E-state index >= 15 is 0 Å². The molecule has 1 heterocycles. The average molecular weight is 280 g/mol. The van der Waals surface area contributed by atoms with E-state index in [-0.39, 0.29) is 5.41 Å². The summed E-state index contributed by atoms with van der Waals surface area (Å²) in [6.45, 7) is 8.93. The number of pyridine rings is 1. The van der Waals surface area contributed by atoms with Gasteiger partial charge in [0.2, 0.25) is 0 Å². The molecule has 0 saturated heterocycles. The maximum atomic E-state index is 9.07. The van der Waals surface area contributed by atoms with E-state index in [0.29, 0.717) is 12.3 Å². The van der Waals surface area contributed by atoms with Gasteiger partial charge in [0, 0.05) is 11.8 Å². The standard InChI is InChI=1S/C18H20N2O/c1-13-7-8-17(15(10-13)18(2,3)4)21-12-14-6-5-9-20-16(14)11-19/h5-10H,12H2,1-4H3. The van der Waals surface area contributed by atoms with Crippen LogP contribution < -0.4 is 4.74 Å². The van der Waals surface area contributed by atoms with Crippen LogP contribution in [-0.2, 0) is 12.0 Å². The van der Waals surface area contributed by atoms with Gasteiger partial charge in [0.05, 0.1) is 0 Å². The molecule has 1 aromatic heterocycles. The van der Waals surface area contributed by atoms with Crippen molar-refractivity contribution in [2.45, 2.75) is 39.7 Å². The molecule has 0 unspecified atom stereocenters. The quantitative estimate of drug-likeness (QED) is 0.849. The highest BCUT2D eigenvalue weighted by atomic mass is 16.5. The van der Waals surface area contributed by atoms with E-state index in [9.17, 15) is 0 Å². The highest BCUT2D eigenvalue weighted by Gasteiger charge is 2.19. The maximum absolute atomic E-state index is 9.07. The van der Waals surface area contributed by atoms with Crippen LogP contribution in [0.4, 0.5) is 0 Å². The zero-order valence-corrected chi connectivity index (χ0v) is 13.0. The van der Waals surface area contributed by atoms with Crippen LogP contribution in [0.1, 0.15) is 43.2 Å². The molecule has 108 valence electrons. The fraction of sp³-hybridized carbons (Fsp3) is 0.333. The van der Waals surface area contributed by atoms with Gasteiger partial charge in [-0.15, -0.1) is 0 Å². The first-order chi connectivity index (χ1) is 9.91. The summed E-state index contributed by atoms with van der Waals surface area (Å²) < 4.78 is 5.96. The zero-order valence-electron chi connectivity index (χ0n) is 13.0. The fourth-order valence-electron chi connectivity index (χ4n) is 2.17. The molecule has 0 saturated carbocycles. The fourth-order valence-corrected chi connectivity index (χ4v) is 2.17. The van der Waals surface area contributed by atoms with Crippen molar-refractivity contribution < 1.29 is 4.74 Å². The lowest BCUT2D eigenvalue weighted by molar-refractivity contribution is 0.296. The summed E-state index contributed by atoms with van der Waals surface area (Å²) in [6, 6.07) is 12.0. The summed E-state index contributed by atoms with van der Waals surface area (Å²) in [6.07, 6.45) is 1.62. The second kappa shape index (κ2) is 5.97. The van der Waals surface area contributed by atoms with Crippen LogP contribution in [-0.4, -0.2) is 4.98 Å². The summed E-state index contributed by atoms with van der Waals surface area (Å²) in [4.78, 5) is 4.05. The van der Waals surface area contributed by atoms with Gasteiger partial charge in [-0.3, -0.25) is 0 Å². The number of ether oxygens (including phenoxy) is 1. The number of hydrogen-bond donors (Lipinski definition) is 0. The first-order valence-corrected chi connectivity index (χ1v) is 7.00. The Morgan fingerprint density at radius 3 is 2.67 bits per heavy atom. The van der Waals surface area contributed by atoms with Crippen molar-refractivity contribution in [1.82, 2.24) is 4.98 Å². The number of hydrogen-bond acceptors (Lipinski definition) is 3. The molecule has 21 heavy (non-hydrogen) atoms. The molecule has 3 nitrogen and oxygen atoms in total. The zero-order chi connectivity index (χ0) is 15.5. The van der Waals surface area contributed by atoms with Crippen molar-refractivity contribution in [3.63, 3.8) is 0 Å². The molecule has 0 radical (unpaired) electrons. The van der Waals surface area contributed by atoms with Crippen LogP contribution in [0.15, 0.2) is 36.5 Å². The van der Waals surface area contributed by atoms with Gasteiger partial charge in [-0.1, -0.05) is 44.5 Å². The van der Waals surface area contributed by atoms with Crippen LogP contribution in [0, 0.1) is 18.3 Å². The van der Waals surface area contributed by atoms with Crippen molar-refractivity contribution in [3.05, 3.63) is 58.9 Å². The predicted molar refractivity (Wildman–Crippen MR) is 83.2 cm³/mol.